The Morgan fingerprint density at radius 3 is 2.50 bits per heavy atom. The normalized spacial score (nSPS) is 26.6. The minimum absolute atomic E-state index is 0.155. The van der Waals surface area contributed by atoms with Gasteiger partial charge < -0.3 is 10.4 Å². The highest BCUT2D eigenvalue weighted by Crippen LogP contribution is 2.32. The van der Waals surface area contributed by atoms with E-state index < -0.39 is 0 Å². The van der Waals surface area contributed by atoms with Crippen molar-refractivity contribution >= 4 is 0 Å². The van der Waals surface area contributed by atoms with Gasteiger partial charge in [0, 0.05) is 17.1 Å². The van der Waals surface area contributed by atoms with E-state index in [1.54, 1.807) is 0 Å². The number of rotatable bonds is 5. The highest BCUT2D eigenvalue weighted by Gasteiger charge is 2.37. The van der Waals surface area contributed by atoms with Gasteiger partial charge in [-0.2, -0.15) is 0 Å². The molecule has 1 fully saturated rings. The van der Waals surface area contributed by atoms with E-state index in [2.05, 4.69) is 37.9 Å². The van der Waals surface area contributed by atoms with Gasteiger partial charge in [-0.1, -0.05) is 0 Å². The molecule has 2 atom stereocenters. The Morgan fingerprint density at radius 1 is 1.50 bits per heavy atom. The van der Waals surface area contributed by atoms with Crippen LogP contribution in [0.15, 0.2) is 0 Å². The van der Waals surface area contributed by atoms with Crippen LogP contribution in [-0.2, 0) is 0 Å². The Balaban J connectivity index is 2.61. The van der Waals surface area contributed by atoms with Crippen LogP contribution in [0, 0.1) is 0 Å². The first-order valence-corrected chi connectivity index (χ1v) is 6.41. The Kier molecular flexibility index (Phi) is 4.38. The van der Waals surface area contributed by atoms with Crippen LogP contribution in [0.3, 0.4) is 0 Å². The first kappa shape index (κ1) is 13.9. The van der Waals surface area contributed by atoms with Gasteiger partial charge in [-0.25, -0.2) is 0 Å². The van der Waals surface area contributed by atoms with E-state index in [1.165, 1.54) is 19.4 Å². The summed E-state index contributed by atoms with van der Waals surface area (Å²) in [5.74, 6) is 0. The molecule has 0 aliphatic carbocycles. The van der Waals surface area contributed by atoms with Crippen molar-refractivity contribution in [2.75, 3.05) is 20.2 Å². The average Bonchev–Trinajstić information content (AvgIpc) is 2.58. The molecule has 1 rings (SSSR count). The van der Waals surface area contributed by atoms with Gasteiger partial charge in [0.05, 0.1) is 6.61 Å². The van der Waals surface area contributed by atoms with E-state index in [1.807, 2.05) is 7.05 Å². The summed E-state index contributed by atoms with van der Waals surface area (Å²) in [4.78, 5) is 2.58. The molecule has 16 heavy (non-hydrogen) atoms. The first-order valence-electron chi connectivity index (χ1n) is 6.41. The molecular weight excluding hydrogens is 200 g/mol. The summed E-state index contributed by atoms with van der Waals surface area (Å²) in [7, 11) is 1.93. The fourth-order valence-electron chi connectivity index (χ4n) is 2.95. The van der Waals surface area contributed by atoms with Crippen LogP contribution in [0.4, 0.5) is 0 Å². The Labute approximate surface area is 100 Å². The van der Waals surface area contributed by atoms with E-state index >= 15 is 0 Å². The molecular formula is C13H28N2O. The molecule has 2 N–H and O–H groups in total. The third kappa shape index (κ3) is 2.96. The van der Waals surface area contributed by atoms with E-state index in [0.717, 1.165) is 6.42 Å². The number of hydrogen-bond donors (Lipinski definition) is 2. The maximum atomic E-state index is 9.43. The minimum atomic E-state index is -0.155. The van der Waals surface area contributed by atoms with Crippen molar-refractivity contribution in [3.63, 3.8) is 0 Å². The van der Waals surface area contributed by atoms with Crippen LogP contribution in [0.25, 0.3) is 0 Å². The fraction of sp³-hybridized carbons (Fsp3) is 1.00. The molecule has 0 aromatic heterocycles. The number of likely N-dealkylation sites (tertiary alicyclic amines) is 1. The monoisotopic (exact) mass is 228 g/mol. The Hall–Kier alpha value is -0.120. The van der Waals surface area contributed by atoms with Crippen LogP contribution < -0.4 is 5.32 Å². The molecule has 3 nitrogen and oxygen atoms in total. The molecule has 1 aliphatic rings. The van der Waals surface area contributed by atoms with Gasteiger partial charge in [-0.05, 0) is 60.5 Å². The molecule has 0 saturated carbocycles. The maximum Gasteiger partial charge on any atom is 0.0611 e. The summed E-state index contributed by atoms with van der Waals surface area (Å²) in [5, 5.41) is 12.7. The molecule has 0 bridgehead atoms. The lowest BCUT2D eigenvalue weighted by Crippen LogP contribution is -2.52. The number of nitrogens with zero attached hydrogens (tertiary/aromatic N) is 1. The maximum absolute atomic E-state index is 9.43. The van der Waals surface area contributed by atoms with Gasteiger partial charge >= 0.3 is 0 Å². The summed E-state index contributed by atoms with van der Waals surface area (Å²) in [6, 6.07) is 0.516. The molecule has 1 saturated heterocycles. The topological polar surface area (TPSA) is 35.5 Å². The third-order valence-electron chi connectivity index (χ3n) is 4.20. The van der Waals surface area contributed by atoms with Crippen molar-refractivity contribution in [1.82, 2.24) is 10.2 Å². The Morgan fingerprint density at radius 2 is 2.12 bits per heavy atom. The fourth-order valence-corrected chi connectivity index (χ4v) is 2.95. The lowest BCUT2D eigenvalue weighted by Gasteiger charge is -2.40. The Bertz CT molecular complexity index is 224. The van der Waals surface area contributed by atoms with Crippen LogP contribution in [0.5, 0.6) is 0 Å². The molecule has 0 radical (unpaired) electrons. The van der Waals surface area contributed by atoms with Gasteiger partial charge in [0.25, 0.3) is 0 Å². The van der Waals surface area contributed by atoms with E-state index in [0.29, 0.717) is 11.6 Å². The van der Waals surface area contributed by atoms with Crippen molar-refractivity contribution < 1.29 is 5.11 Å². The van der Waals surface area contributed by atoms with Crippen LogP contribution in [0.2, 0.25) is 0 Å². The van der Waals surface area contributed by atoms with Gasteiger partial charge in [0.15, 0.2) is 0 Å². The second-order valence-electron chi connectivity index (χ2n) is 6.13. The van der Waals surface area contributed by atoms with E-state index in [9.17, 15) is 5.11 Å². The number of hydrogen-bond acceptors (Lipinski definition) is 3. The second kappa shape index (κ2) is 5.03. The van der Waals surface area contributed by atoms with Gasteiger partial charge in [0.2, 0.25) is 0 Å². The quantitative estimate of drug-likeness (QED) is 0.750. The van der Waals surface area contributed by atoms with Crippen molar-refractivity contribution in [3.05, 3.63) is 0 Å². The molecule has 96 valence electrons. The molecule has 0 aromatic rings. The standard InChI is InChI=1S/C13H28N2O/c1-11(9-13(4,10-16)14-5)15-8-6-7-12(15,2)3/h11,14,16H,6-10H2,1-5H3. The zero-order valence-electron chi connectivity index (χ0n) is 11.5. The molecule has 0 spiro atoms. The number of likely N-dealkylation sites (N-methyl/N-ethyl adjacent to an activating group) is 1. The number of nitrogens with one attached hydrogen (secondary N) is 1. The summed E-state index contributed by atoms with van der Waals surface area (Å²) in [6.07, 6.45) is 3.57. The molecule has 0 amide bonds. The summed E-state index contributed by atoms with van der Waals surface area (Å²) in [6.45, 7) is 10.4. The van der Waals surface area contributed by atoms with E-state index in [-0.39, 0.29) is 12.1 Å². The summed E-state index contributed by atoms with van der Waals surface area (Å²) >= 11 is 0. The third-order valence-corrected chi connectivity index (χ3v) is 4.20. The minimum Gasteiger partial charge on any atom is -0.394 e. The predicted octanol–water partition coefficient (Wildman–Crippen LogP) is 1.61. The smallest absolute Gasteiger partial charge is 0.0611 e. The van der Waals surface area contributed by atoms with E-state index in [4.69, 9.17) is 0 Å². The molecule has 0 aromatic carbocycles. The first-order chi connectivity index (χ1) is 7.34. The van der Waals surface area contributed by atoms with Crippen molar-refractivity contribution in [3.8, 4) is 0 Å². The van der Waals surface area contributed by atoms with Crippen molar-refractivity contribution in [2.24, 2.45) is 0 Å². The van der Waals surface area contributed by atoms with Gasteiger partial charge in [-0.3, -0.25) is 4.90 Å². The highest BCUT2D eigenvalue weighted by molar-refractivity contribution is 4.94. The summed E-state index contributed by atoms with van der Waals surface area (Å²) < 4.78 is 0. The predicted molar refractivity (Wildman–Crippen MR) is 68.6 cm³/mol. The van der Waals surface area contributed by atoms with Crippen molar-refractivity contribution in [2.45, 2.75) is 64.1 Å². The number of aliphatic hydroxyl groups is 1. The lowest BCUT2D eigenvalue weighted by molar-refractivity contribution is 0.0803. The van der Waals surface area contributed by atoms with Gasteiger partial charge in [0.1, 0.15) is 0 Å². The van der Waals surface area contributed by atoms with Crippen LogP contribution in [-0.4, -0.2) is 47.3 Å². The number of aliphatic hydroxyl groups excluding tert-OH is 1. The second-order valence-corrected chi connectivity index (χ2v) is 6.13. The molecule has 1 heterocycles. The zero-order chi connectivity index (χ0) is 12.4. The van der Waals surface area contributed by atoms with Crippen LogP contribution in [0.1, 0.15) is 47.0 Å². The molecule has 3 heteroatoms. The van der Waals surface area contributed by atoms with Crippen LogP contribution >= 0.6 is 0 Å². The largest absolute Gasteiger partial charge is 0.394 e. The van der Waals surface area contributed by atoms with Gasteiger partial charge in [-0.15, -0.1) is 0 Å². The average molecular weight is 228 g/mol. The zero-order valence-corrected chi connectivity index (χ0v) is 11.5. The highest BCUT2D eigenvalue weighted by atomic mass is 16.3. The SMILES string of the molecule is CNC(C)(CO)CC(C)N1CCCC1(C)C. The molecule has 1 aliphatic heterocycles. The lowest BCUT2D eigenvalue weighted by atomic mass is 9.92. The van der Waals surface area contributed by atoms with Crippen molar-refractivity contribution in [1.29, 1.82) is 0 Å². The molecule has 2 unspecified atom stereocenters. The summed E-state index contributed by atoms with van der Waals surface area (Å²) in [5.41, 5.74) is 0.168.